The molecule has 0 aliphatic rings. The molecule has 0 fully saturated rings. The van der Waals surface area contributed by atoms with Gasteiger partial charge in [0.1, 0.15) is 11.4 Å². The highest BCUT2D eigenvalue weighted by Gasteiger charge is 2.10. The number of carbonyl (C=O) groups excluding carboxylic acids is 2. The van der Waals surface area contributed by atoms with E-state index in [9.17, 15) is 14.7 Å². The number of phenols is 1. The van der Waals surface area contributed by atoms with E-state index in [2.05, 4.69) is 15.8 Å². The topological polar surface area (TPSA) is 90.8 Å². The SMILES string of the molecule is CC(=O)NC(=Cc1ccccc1)C(=O)NN=Cc1ccc(O)cc1. The number of nitrogens with one attached hydrogen (secondary N) is 2. The van der Waals surface area contributed by atoms with Gasteiger partial charge >= 0.3 is 0 Å². The first kappa shape index (κ1) is 17.0. The van der Waals surface area contributed by atoms with Crippen molar-refractivity contribution in [1.29, 1.82) is 0 Å². The first-order valence-corrected chi connectivity index (χ1v) is 7.21. The highest BCUT2D eigenvalue weighted by atomic mass is 16.3. The summed E-state index contributed by atoms with van der Waals surface area (Å²) in [6, 6.07) is 15.5. The van der Waals surface area contributed by atoms with E-state index in [0.29, 0.717) is 5.56 Å². The maximum Gasteiger partial charge on any atom is 0.287 e. The maximum absolute atomic E-state index is 12.2. The zero-order chi connectivity index (χ0) is 17.4. The molecule has 0 aliphatic carbocycles. The molecule has 0 saturated carbocycles. The summed E-state index contributed by atoms with van der Waals surface area (Å²) in [6.07, 6.45) is 3.00. The van der Waals surface area contributed by atoms with Gasteiger partial charge < -0.3 is 10.4 Å². The quantitative estimate of drug-likeness (QED) is 0.447. The second-order valence-electron chi connectivity index (χ2n) is 4.94. The number of aromatic hydroxyl groups is 1. The second-order valence-corrected chi connectivity index (χ2v) is 4.94. The minimum absolute atomic E-state index is 0.0940. The van der Waals surface area contributed by atoms with E-state index in [-0.39, 0.29) is 17.4 Å². The number of rotatable bonds is 5. The van der Waals surface area contributed by atoms with E-state index in [1.807, 2.05) is 30.3 Å². The van der Waals surface area contributed by atoms with Gasteiger partial charge in [-0.1, -0.05) is 30.3 Å². The van der Waals surface area contributed by atoms with Crippen molar-refractivity contribution >= 4 is 24.1 Å². The first-order chi connectivity index (χ1) is 11.5. The van der Waals surface area contributed by atoms with Crippen molar-refractivity contribution in [3.63, 3.8) is 0 Å². The van der Waals surface area contributed by atoms with Gasteiger partial charge in [0.05, 0.1) is 6.21 Å². The van der Waals surface area contributed by atoms with Crippen LogP contribution in [-0.2, 0) is 9.59 Å². The lowest BCUT2D eigenvalue weighted by Gasteiger charge is -2.06. The molecule has 3 N–H and O–H groups in total. The van der Waals surface area contributed by atoms with Crippen LogP contribution in [0.3, 0.4) is 0 Å². The molecule has 2 amide bonds. The van der Waals surface area contributed by atoms with E-state index in [1.54, 1.807) is 18.2 Å². The smallest absolute Gasteiger partial charge is 0.287 e. The molecule has 6 nitrogen and oxygen atoms in total. The molecule has 0 radical (unpaired) electrons. The van der Waals surface area contributed by atoms with Crippen molar-refractivity contribution in [2.75, 3.05) is 0 Å². The number of amides is 2. The third-order valence-corrected chi connectivity index (χ3v) is 2.94. The zero-order valence-corrected chi connectivity index (χ0v) is 13.1. The normalized spacial score (nSPS) is 11.3. The molecular weight excluding hydrogens is 306 g/mol. The Morgan fingerprint density at radius 2 is 1.67 bits per heavy atom. The van der Waals surface area contributed by atoms with E-state index >= 15 is 0 Å². The summed E-state index contributed by atoms with van der Waals surface area (Å²) >= 11 is 0. The summed E-state index contributed by atoms with van der Waals surface area (Å²) in [4.78, 5) is 23.5. The Kier molecular flexibility index (Phi) is 5.85. The van der Waals surface area contributed by atoms with Gasteiger partial charge in [-0.2, -0.15) is 5.10 Å². The molecule has 0 unspecified atom stereocenters. The molecule has 6 heteroatoms. The molecule has 0 aliphatic heterocycles. The van der Waals surface area contributed by atoms with Crippen LogP contribution < -0.4 is 10.7 Å². The Morgan fingerprint density at radius 1 is 1.00 bits per heavy atom. The van der Waals surface area contributed by atoms with Crippen LogP contribution in [0.4, 0.5) is 0 Å². The molecule has 0 bridgehead atoms. The fourth-order valence-electron chi connectivity index (χ4n) is 1.85. The minimum atomic E-state index is -0.538. The molecule has 0 spiro atoms. The fraction of sp³-hybridized carbons (Fsp3) is 0.0556. The van der Waals surface area contributed by atoms with Crippen molar-refractivity contribution in [2.24, 2.45) is 5.10 Å². The lowest BCUT2D eigenvalue weighted by Crippen LogP contribution is -2.31. The van der Waals surface area contributed by atoms with Crippen LogP contribution in [0.2, 0.25) is 0 Å². The van der Waals surface area contributed by atoms with Gasteiger partial charge in [-0.05, 0) is 41.5 Å². The van der Waals surface area contributed by atoms with E-state index in [1.165, 1.54) is 25.3 Å². The van der Waals surface area contributed by atoms with Crippen LogP contribution in [0, 0.1) is 0 Å². The predicted octanol–water partition coefficient (Wildman–Crippen LogP) is 2.02. The molecule has 2 aromatic rings. The summed E-state index contributed by atoms with van der Waals surface area (Å²) in [5.41, 5.74) is 3.94. The number of hydrogen-bond donors (Lipinski definition) is 3. The van der Waals surface area contributed by atoms with Crippen LogP contribution >= 0.6 is 0 Å². The molecule has 2 rings (SSSR count). The van der Waals surface area contributed by atoms with Crippen molar-refractivity contribution in [3.8, 4) is 5.75 Å². The van der Waals surface area contributed by atoms with Crippen molar-refractivity contribution in [2.45, 2.75) is 6.92 Å². The molecule has 0 atom stereocenters. The molecule has 24 heavy (non-hydrogen) atoms. The lowest BCUT2D eigenvalue weighted by molar-refractivity contribution is -0.122. The number of carbonyl (C=O) groups is 2. The van der Waals surface area contributed by atoms with Crippen LogP contribution in [-0.4, -0.2) is 23.1 Å². The Labute approximate surface area is 139 Å². The van der Waals surface area contributed by atoms with Crippen molar-refractivity contribution in [3.05, 3.63) is 71.4 Å². The number of benzene rings is 2. The second kappa shape index (κ2) is 8.28. The third-order valence-electron chi connectivity index (χ3n) is 2.94. The van der Waals surface area contributed by atoms with Gasteiger partial charge in [0.2, 0.25) is 5.91 Å². The van der Waals surface area contributed by atoms with Crippen LogP contribution in [0.15, 0.2) is 65.4 Å². The molecule has 0 saturated heterocycles. The average Bonchev–Trinajstić information content (AvgIpc) is 2.56. The number of nitrogens with zero attached hydrogens (tertiary/aromatic N) is 1. The van der Waals surface area contributed by atoms with Gasteiger partial charge in [0, 0.05) is 6.92 Å². The van der Waals surface area contributed by atoms with Crippen LogP contribution in [0.1, 0.15) is 18.1 Å². The Balaban J connectivity index is 2.09. The predicted molar refractivity (Wildman–Crippen MR) is 92.1 cm³/mol. The lowest BCUT2D eigenvalue weighted by atomic mass is 10.2. The monoisotopic (exact) mass is 323 g/mol. The van der Waals surface area contributed by atoms with Gasteiger partial charge in [0.15, 0.2) is 0 Å². The standard InChI is InChI=1S/C18H17N3O3/c1-13(22)20-17(11-14-5-3-2-4-6-14)18(24)21-19-12-15-7-9-16(23)10-8-15/h2-12,23H,1H3,(H,20,22)(H,21,24). The summed E-state index contributed by atoms with van der Waals surface area (Å²) in [5.74, 6) is -0.742. The number of hydrazone groups is 1. The van der Waals surface area contributed by atoms with E-state index in [0.717, 1.165) is 5.56 Å². The first-order valence-electron chi connectivity index (χ1n) is 7.21. The molecule has 122 valence electrons. The average molecular weight is 323 g/mol. The van der Waals surface area contributed by atoms with Crippen LogP contribution in [0.5, 0.6) is 5.75 Å². The third kappa shape index (κ3) is 5.42. The summed E-state index contributed by atoms with van der Waals surface area (Å²) in [5, 5.41) is 15.5. The van der Waals surface area contributed by atoms with Gasteiger partial charge in [-0.25, -0.2) is 5.43 Å². The molecular formula is C18H17N3O3. The summed E-state index contributed by atoms with van der Waals surface area (Å²) < 4.78 is 0. The Hall–Kier alpha value is -3.41. The van der Waals surface area contributed by atoms with Crippen molar-refractivity contribution < 1.29 is 14.7 Å². The number of phenolic OH excluding ortho intramolecular Hbond substituents is 1. The van der Waals surface area contributed by atoms with Gasteiger partial charge in [-0.15, -0.1) is 0 Å². The summed E-state index contributed by atoms with van der Waals surface area (Å²) in [6.45, 7) is 1.33. The highest BCUT2D eigenvalue weighted by molar-refractivity contribution is 6.01. The fourth-order valence-corrected chi connectivity index (χ4v) is 1.85. The largest absolute Gasteiger partial charge is 0.508 e. The zero-order valence-electron chi connectivity index (χ0n) is 13.1. The minimum Gasteiger partial charge on any atom is -0.508 e. The van der Waals surface area contributed by atoms with Gasteiger partial charge in [0.25, 0.3) is 5.91 Å². The highest BCUT2D eigenvalue weighted by Crippen LogP contribution is 2.08. The van der Waals surface area contributed by atoms with Crippen molar-refractivity contribution in [1.82, 2.24) is 10.7 Å². The molecule has 0 heterocycles. The van der Waals surface area contributed by atoms with Gasteiger partial charge in [-0.3, -0.25) is 9.59 Å². The van der Waals surface area contributed by atoms with E-state index in [4.69, 9.17) is 0 Å². The van der Waals surface area contributed by atoms with E-state index < -0.39 is 5.91 Å². The summed E-state index contributed by atoms with van der Waals surface area (Å²) in [7, 11) is 0. The number of hydrogen-bond acceptors (Lipinski definition) is 4. The molecule has 0 aromatic heterocycles. The molecule has 2 aromatic carbocycles. The Morgan fingerprint density at radius 3 is 2.29 bits per heavy atom. The maximum atomic E-state index is 12.2. The van der Waals surface area contributed by atoms with Crippen LogP contribution in [0.25, 0.3) is 6.08 Å². The Bertz CT molecular complexity index is 766.